The zero-order valence-electron chi connectivity index (χ0n) is 19.4. The van der Waals surface area contributed by atoms with E-state index in [9.17, 15) is 9.65 Å². The standard InChI is InChI=1S/C29H23FN4O/c1-19-14-22(15-23(17-31)29-32-27-13-8-24(30)16-28(27)33-29)20(2)34(19)25-9-11-26(12-10-25)35-18-21-6-4-3-5-7-21/h3-16H,18H2,1-2H3,(H,32,33)/b23-15-. The summed E-state index contributed by atoms with van der Waals surface area (Å²) in [7, 11) is 0. The highest BCUT2D eigenvalue weighted by Crippen LogP contribution is 2.27. The zero-order valence-corrected chi connectivity index (χ0v) is 19.4. The molecule has 0 aliphatic carbocycles. The summed E-state index contributed by atoms with van der Waals surface area (Å²) in [5, 5.41) is 9.79. The van der Waals surface area contributed by atoms with E-state index in [1.165, 1.54) is 12.1 Å². The molecule has 6 heteroatoms. The van der Waals surface area contributed by atoms with Crippen LogP contribution in [0.15, 0.2) is 78.9 Å². The fraction of sp³-hybridized carbons (Fsp3) is 0.103. The van der Waals surface area contributed by atoms with Crippen LogP contribution in [0.2, 0.25) is 0 Å². The summed E-state index contributed by atoms with van der Waals surface area (Å²) in [6.45, 7) is 4.56. The molecule has 5 aromatic rings. The van der Waals surface area contributed by atoms with Crippen molar-refractivity contribution < 1.29 is 9.13 Å². The Bertz CT molecular complexity index is 1570. The normalized spacial score (nSPS) is 11.5. The van der Waals surface area contributed by atoms with E-state index in [0.717, 1.165) is 34.0 Å². The number of H-pyrrole nitrogens is 1. The number of aryl methyl sites for hydroxylation is 1. The summed E-state index contributed by atoms with van der Waals surface area (Å²) in [6.07, 6.45) is 1.81. The zero-order chi connectivity index (χ0) is 24.4. The quantitative estimate of drug-likeness (QED) is 0.284. The van der Waals surface area contributed by atoms with Gasteiger partial charge in [0.05, 0.1) is 16.6 Å². The second kappa shape index (κ2) is 9.32. The lowest BCUT2D eigenvalue weighted by Gasteiger charge is -2.11. The Kier molecular flexibility index (Phi) is 5.90. The van der Waals surface area contributed by atoms with Crippen LogP contribution < -0.4 is 4.74 Å². The third-order valence-corrected chi connectivity index (χ3v) is 5.93. The van der Waals surface area contributed by atoms with Gasteiger partial charge in [0.25, 0.3) is 0 Å². The third-order valence-electron chi connectivity index (χ3n) is 5.93. The maximum absolute atomic E-state index is 13.5. The van der Waals surface area contributed by atoms with Crippen molar-refractivity contribution >= 4 is 22.7 Å². The van der Waals surface area contributed by atoms with E-state index in [4.69, 9.17) is 4.74 Å². The first-order chi connectivity index (χ1) is 17.0. The number of fused-ring (bicyclic) bond motifs is 1. The van der Waals surface area contributed by atoms with Crippen LogP contribution in [-0.4, -0.2) is 14.5 Å². The summed E-state index contributed by atoms with van der Waals surface area (Å²) in [6, 6.07) is 26.6. The van der Waals surface area contributed by atoms with E-state index in [1.807, 2.05) is 80.6 Å². The minimum Gasteiger partial charge on any atom is -0.489 e. The number of nitriles is 1. The van der Waals surface area contributed by atoms with Gasteiger partial charge < -0.3 is 14.3 Å². The topological polar surface area (TPSA) is 66.6 Å². The number of allylic oxidation sites excluding steroid dienone is 1. The van der Waals surface area contributed by atoms with E-state index < -0.39 is 0 Å². The van der Waals surface area contributed by atoms with Gasteiger partial charge in [-0.3, -0.25) is 0 Å². The van der Waals surface area contributed by atoms with E-state index >= 15 is 0 Å². The van der Waals surface area contributed by atoms with Gasteiger partial charge in [0, 0.05) is 17.1 Å². The van der Waals surface area contributed by atoms with Gasteiger partial charge in [-0.05, 0) is 79.6 Å². The molecule has 0 unspecified atom stereocenters. The molecule has 0 fully saturated rings. The van der Waals surface area contributed by atoms with Crippen molar-refractivity contribution in [3.63, 3.8) is 0 Å². The molecule has 2 heterocycles. The number of halogens is 1. The van der Waals surface area contributed by atoms with Crippen molar-refractivity contribution in [2.45, 2.75) is 20.5 Å². The van der Waals surface area contributed by atoms with Gasteiger partial charge in [-0.1, -0.05) is 30.3 Å². The van der Waals surface area contributed by atoms with Crippen LogP contribution in [0.5, 0.6) is 5.75 Å². The number of imidazole rings is 1. The number of ether oxygens (including phenoxy) is 1. The van der Waals surface area contributed by atoms with Gasteiger partial charge in [0.15, 0.2) is 0 Å². The Hall–Kier alpha value is -4.63. The van der Waals surface area contributed by atoms with Crippen molar-refractivity contribution in [2.75, 3.05) is 0 Å². The van der Waals surface area contributed by atoms with Gasteiger partial charge in [0.1, 0.15) is 30.1 Å². The molecule has 172 valence electrons. The lowest BCUT2D eigenvalue weighted by Crippen LogP contribution is -2.00. The lowest BCUT2D eigenvalue weighted by molar-refractivity contribution is 0.306. The molecule has 0 atom stereocenters. The second-order valence-corrected chi connectivity index (χ2v) is 8.35. The first-order valence-corrected chi connectivity index (χ1v) is 11.3. The average molecular weight is 463 g/mol. The molecule has 1 N–H and O–H groups in total. The minimum atomic E-state index is -0.352. The fourth-order valence-corrected chi connectivity index (χ4v) is 4.18. The summed E-state index contributed by atoms with van der Waals surface area (Å²) < 4.78 is 21.6. The van der Waals surface area contributed by atoms with Crippen LogP contribution in [0.25, 0.3) is 28.4 Å². The molecule has 3 aromatic carbocycles. The number of rotatable bonds is 6. The van der Waals surface area contributed by atoms with Crippen LogP contribution in [0.1, 0.15) is 28.3 Å². The van der Waals surface area contributed by atoms with Crippen LogP contribution in [0.4, 0.5) is 4.39 Å². The highest BCUT2D eigenvalue weighted by Gasteiger charge is 2.13. The summed E-state index contributed by atoms with van der Waals surface area (Å²) >= 11 is 0. The Morgan fingerprint density at radius 3 is 2.57 bits per heavy atom. The van der Waals surface area contributed by atoms with Gasteiger partial charge in [-0.25, -0.2) is 9.37 Å². The number of hydrogen-bond acceptors (Lipinski definition) is 3. The van der Waals surface area contributed by atoms with Gasteiger partial charge >= 0.3 is 0 Å². The molecule has 0 saturated heterocycles. The molecule has 0 radical (unpaired) electrons. The molecule has 0 aliphatic rings. The van der Waals surface area contributed by atoms with Gasteiger partial charge in [0.2, 0.25) is 0 Å². The molecule has 0 aliphatic heterocycles. The molecule has 0 bridgehead atoms. The largest absolute Gasteiger partial charge is 0.489 e. The predicted octanol–water partition coefficient (Wildman–Crippen LogP) is 6.75. The number of nitrogens with one attached hydrogen (secondary N) is 1. The van der Waals surface area contributed by atoms with Crippen LogP contribution in [-0.2, 0) is 6.61 Å². The first-order valence-electron chi connectivity index (χ1n) is 11.3. The molecule has 5 nitrogen and oxygen atoms in total. The van der Waals surface area contributed by atoms with E-state index in [1.54, 1.807) is 6.07 Å². The third kappa shape index (κ3) is 4.57. The first kappa shape index (κ1) is 22.2. The predicted molar refractivity (Wildman–Crippen MR) is 136 cm³/mol. The van der Waals surface area contributed by atoms with Crippen molar-refractivity contribution in [1.29, 1.82) is 5.26 Å². The number of nitrogens with zero attached hydrogens (tertiary/aromatic N) is 3. The SMILES string of the molecule is Cc1cc(/C=C(/C#N)c2nc3ccc(F)cc3[nH]2)c(C)n1-c1ccc(OCc2ccccc2)cc1. The molecule has 0 spiro atoms. The maximum atomic E-state index is 13.5. The fourth-order valence-electron chi connectivity index (χ4n) is 4.18. The van der Waals surface area contributed by atoms with Gasteiger partial charge in [-0.2, -0.15) is 5.26 Å². The van der Waals surface area contributed by atoms with E-state index in [0.29, 0.717) is 29.0 Å². The van der Waals surface area contributed by atoms with Crippen LogP contribution >= 0.6 is 0 Å². The maximum Gasteiger partial charge on any atom is 0.149 e. The number of benzene rings is 3. The second-order valence-electron chi connectivity index (χ2n) is 8.35. The molecule has 2 aromatic heterocycles. The molecule has 35 heavy (non-hydrogen) atoms. The Balaban J connectivity index is 1.41. The summed E-state index contributed by atoms with van der Waals surface area (Å²) in [5.74, 6) is 0.862. The van der Waals surface area contributed by atoms with Crippen LogP contribution in [0, 0.1) is 31.0 Å². The Morgan fingerprint density at radius 1 is 1.06 bits per heavy atom. The Morgan fingerprint density at radius 2 is 1.83 bits per heavy atom. The monoisotopic (exact) mass is 462 g/mol. The smallest absolute Gasteiger partial charge is 0.149 e. The number of aromatic amines is 1. The Labute approximate surface area is 202 Å². The number of hydrogen-bond donors (Lipinski definition) is 1. The highest BCUT2D eigenvalue weighted by molar-refractivity contribution is 5.90. The van der Waals surface area contributed by atoms with E-state index in [-0.39, 0.29) is 5.82 Å². The van der Waals surface area contributed by atoms with Gasteiger partial charge in [-0.15, -0.1) is 0 Å². The molecule has 0 saturated carbocycles. The molecular formula is C29H23FN4O. The highest BCUT2D eigenvalue weighted by atomic mass is 19.1. The molecule has 5 rings (SSSR count). The average Bonchev–Trinajstić information content (AvgIpc) is 3.41. The lowest BCUT2D eigenvalue weighted by atomic mass is 10.1. The summed E-state index contributed by atoms with van der Waals surface area (Å²) in [4.78, 5) is 7.50. The summed E-state index contributed by atoms with van der Waals surface area (Å²) in [5.41, 5.74) is 6.62. The number of aromatic nitrogens is 3. The van der Waals surface area contributed by atoms with Crippen molar-refractivity contribution in [3.05, 3.63) is 113 Å². The molecule has 0 amide bonds. The minimum absolute atomic E-state index is 0.352. The van der Waals surface area contributed by atoms with Crippen molar-refractivity contribution in [2.24, 2.45) is 0 Å². The molecular weight excluding hydrogens is 439 g/mol. The van der Waals surface area contributed by atoms with Crippen LogP contribution in [0.3, 0.4) is 0 Å². The van der Waals surface area contributed by atoms with Crippen molar-refractivity contribution in [3.8, 4) is 17.5 Å². The van der Waals surface area contributed by atoms with Crippen molar-refractivity contribution in [1.82, 2.24) is 14.5 Å². The van der Waals surface area contributed by atoms with E-state index in [2.05, 4.69) is 20.6 Å².